The van der Waals surface area contributed by atoms with Gasteiger partial charge in [-0.2, -0.15) is 0 Å². The fourth-order valence-electron chi connectivity index (χ4n) is 2.62. The number of aromatic nitrogens is 2. The largest absolute Gasteiger partial charge is 0.334 e. The van der Waals surface area contributed by atoms with Gasteiger partial charge < -0.3 is 15.0 Å². The number of hydrogen-bond donors (Lipinski definition) is 2. The molecule has 0 radical (unpaired) electrons. The lowest BCUT2D eigenvalue weighted by atomic mass is 10.2. The van der Waals surface area contributed by atoms with E-state index in [1.54, 1.807) is 0 Å². The lowest BCUT2D eigenvalue weighted by Gasteiger charge is -2.22. The second-order valence-corrected chi connectivity index (χ2v) is 7.71. The van der Waals surface area contributed by atoms with Crippen LogP contribution < -0.4 is 10.6 Å². The molecule has 1 saturated heterocycles. The maximum absolute atomic E-state index is 11.9. The van der Waals surface area contributed by atoms with Crippen LogP contribution in [0.1, 0.15) is 18.5 Å². The van der Waals surface area contributed by atoms with Crippen LogP contribution in [0.4, 0.5) is 4.79 Å². The number of rotatable bonds is 3. The minimum absolute atomic E-state index is 0.0226. The molecule has 2 N–H and O–H groups in total. The molecule has 0 bridgehead atoms. The number of amides is 2. The third-order valence-electron chi connectivity index (χ3n) is 3.64. The number of carbonyl (C=O) groups is 1. The maximum atomic E-state index is 11.9. The molecule has 2 amide bonds. The predicted octanol–water partition coefficient (Wildman–Crippen LogP) is 0.711. The number of pyridine rings is 1. The predicted molar refractivity (Wildman–Crippen MR) is 82.2 cm³/mol. The van der Waals surface area contributed by atoms with E-state index >= 15 is 0 Å². The first-order chi connectivity index (χ1) is 10.5. The van der Waals surface area contributed by atoms with E-state index in [1.807, 2.05) is 35.0 Å². The van der Waals surface area contributed by atoms with Crippen LogP contribution >= 0.6 is 0 Å². The summed E-state index contributed by atoms with van der Waals surface area (Å²) in [7, 11) is -3.02. The van der Waals surface area contributed by atoms with E-state index < -0.39 is 9.84 Å². The summed E-state index contributed by atoms with van der Waals surface area (Å²) in [4.78, 5) is 16.2. The van der Waals surface area contributed by atoms with E-state index in [-0.39, 0.29) is 23.6 Å². The van der Waals surface area contributed by atoms with Crippen LogP contribution in [-0.4, -0.2) is 41.4 Å². The van der Waals surface area contributed by atoms with Gasteiger partial charge in [0.1, 0.15) is 5.65 Å². The Kier molecular flexibility index (Phi) is 4.02. The summed E-state index contributed by atoms with van der Waals surface area (Å²) in [6, 6.07) is 5.02. The van der Waals surface area contributed by atoms with Gasteiger partial charge in [-0.3, -0.25) is 0 Å². The van der Waals surface area contributed by atoms with Gasteiger partial charge in [0.25, 0.3) is 0 Å². The van der Waals surface area contributed by atoms with Crippen molar-refractivity contribution in [1.29, 1.82) is 0 Å². The average Bonchev–Trinajstić information content (AvgIpc) is 2.87. The van der Waals surface area contributed by atoms with Gasteiger partial charge in [-0.15, -0.1) is 0 Å². The molecule has 0 aliphatic carbocycles. The SMILES string of the molecule is O=C(NCc1cn2ccccc2n1)NC1CCCS(=O)(=O)C1. The smallest absolute Gasteiger partial charge is 0.315 e. The van der Waals surface area contributed by atoms with Crippen molar-refractivity contribution in [1.82, 2.24) is 20.0 Å². The van der Waals surface area contributed by atoms with E-state index in [0.717, 1.165) is 11.3 Å². The molecule has 2 aromatic rings. The molecule has 1 unspecified atom stereocenters. The highest BCUT2D eigenvalue weighted by Gasteiger charge is 2.25. The summed E-state index contributed by atoms with van der Waals surface area (Å²) in [5.74, 6) is 0.239. The first-order valence-corrected chi connectivity index (χ1v) is 9.01. The fourth-order valence-corrected chi connectivity index (χ4v) is 4.25. The van der Waals surface area contributed by atoms with Gasteiger partial charge in [-0.1, -0.05) is 6.07 Å². The Morgan fingerprint density at radius 1 is 1.41 bits per heavy atom. The Balaban J connectivity index is 1.53. The van der Waals surface area contributed by atoms with Crippen molar-refractivity contribution in [3.8, 4) is 0 Å². The third-order valence-corrected chi connectivity index (χ3v) is 5.46. The quantitative estimate of drug-likeness (QED) is 0.870. The number of urea groups is 1. The van der Waals surface area contributed by atoms with Crippen LogP contribution in [0.2, 0.25) is 0 Å². The summed E-state index contributed by atoms with van der Waals surface area (Å²) < 4.78 is 25.0. The Hall–Kier alpha value is -2.09. The number of imidazole rings is 1. The number of fused-ring (bicyclic) bond motifs is 1. The molecule has 8 heteroatoms. The zero-order chi connectivity index (χ0) is 15.6. The van der Waals surface area contributed by atoms with Gasteiger partial charge in [-0.05, 0) is 25.0 Å². The molecule has 1 aliphatic heterocycles. The Labute approximate surface area is 128 Å². The first kappa shape index (κ1) is 14.8. The van der Waals surface area contributed by atoms with Gasteiger partial charge in [0.05, 0.1) is 23.7 Å². The van der Waals surface area contributed by atoms with Gasteiger partial charge >= 0.3 is 6.03 Å². The minimum Gasteiger partial charge on any atom is -0.334 e. The highest BCUT2D eigenvalue weighted by molar-refractivity contribution is 7.91. The van der Waals surface area contributed by atoms with E-state index in [0.29, 0.717) is 19.4 Å². The topological polar surface area (TPSA) is 92.6 Å². The van der Waals surface area contributed by atoms with Crippen LogP contribution in [0.3, 0.4) is 0 Å². The van der Waals surface area contributed by atoms with Crippen LogP contribution in [-0.2, 0) is 16.4 Å². The van der Waals surface area contributed by atoms with Crippen LogP contribution in [0.25, 0.3) is 5.65 Å². The highest BCUT2D eigenvalue weighted by atomic mass is 32.2. The molecule has 0 spiro atoms. The fraction of sp³-hybridized carbons (Fsp3) is 0.429. The highest BCUT2D eigenvalue weighted by Crippen LogP contribution is 2.11. The van der Waals surface area contributed by atoms with Gasteiger partial charge in [0.2, 0.25) is 0 Å². The summed E-state index contributed by atoms with van der Waals surface area (Å²) in [5.41, 5.74) is 1.57. The molecule has 0 saturated carbocycles. The number of nitrogens with one attached hydrogen (secondary N) is 2. The van der Waals surface area contributed by atoms with Crippen LogP contribution in [0.5, 0.6) is 0 Å². The van der Waals surface area contributed by atoms with Gasteiger partial charge in [0.15, 0.2) is 9.84 Å². The van der Waals surface area contributed by atoms with Crippen molar-refractivity contribution < 1.29 is 13.2 Å². The van der Waals surface area contributed by atoms with Crippen molar-refractivity contribution in [2.75, 3.05) is 11.5 Å². The molecule has 3 rings (SSSR count). The summed E-state index contributed by atoms with van der Waals surface area (Å²) in [6.07, 6.45) is 5.03. The molecule has 22 heavy (non-hydrogen) atoms. The van der Waals surface area contributed by atoms with E-state index in [1.165, 1.54) is 0 Å². The minimum atomic E-state index is -3.02. The second kappa shape index (κ2) is 5.96. The van der Waals surface area contributed by atoms with Gasteiger partial charge in [0, 0.05) is 18.4 Å². The second-order valence-electron chi connectivity index (χ2n) is 5.48. The number of nitrogens with zero attached hydrogens (tertiary/aromatic N) is 2. The average molecular weight is 322 g/mol. The Morgan fingerprint density at radius 2 is 2.27 bits per heavy atom. The van der Waals surface area contributed by atoms with Crippen molar-refractivity contribution in [2.24, 2.45) is 0 Å². The molecule has 1 aliphatic rings. The lowest BCUT2D eigenvalue weighted by Crippen LogP contribution is -2.47. The molecular formula is C14H18N4O3S. The van der Waals surface area contributed by atoms with E-state index in [2.05, 4.69) is 15.6 Å². The molecular weight excluding hydrogens is 304 g/mol. The van der Waals surface area contributed by atoms with Crippen molar-refractivity contribution in [2.45, 2.75) is 25.4 Å². The van der Waals surface area contributed by atoms with Crippen LogP contribution in [0.15, 0.2) is 30.6 Å². The van der Waals surface area contributed by atoms with Gasteiger partial charge in [-0.25, -0.2) is 18.2 Å². The molecule has 118 valence electrons. The summed E-state index contributed by atoms with van der Waals surface area (Å²) >= 11 is 0. The molecule has 3 heterocycles. The molecule has 7 nitrogen and oxygen atoms in total. The third kappa shape index (κ3) is 3.56. The Bertz CT molecular complexity index is 751. The van der Waals surface area contributed by atoms with Crippen LogP contribution in [0, 0.1) is 0 Å². The monoisotopic (exact) mass is 322 g/mol. The molecule has 2 aromatic heterocycles. The van der Waals surface area contributed by atoms with Crippen molar-refractivity contribution in [3.05, 3.63) is 36.3 Å². The number of sulfone groups is 1. The number of hydrogen-bond acceptors (Lipinski definition) is 4. The normalized spacial score (nSPS) is 20.6. The Morgan fingerprint density at radius 3 is 3.05 bits per heavy atom. The lowest BCUT2D eigenvalue weighted by molar-refractivity contribution is 0.236. The zero-order valence-electron chi connectivity index (χ0n) is 12.0. The maximum Gasteiger partial charge on any atom is 0.315 e. The van der Waals surface area contributed by atoms with Crippen molar-refractivity contribution >= 4 is 21.5 Å². The van der Waals surface area contributed by atoms with Crippen molar-refractivity contribution in [3.63, 3.8) is 0 Å². The zero-order valence-corrected chi connectivity index (χ0v) is 12.8. The number of carbonyl (C=O) groups excluding carboxylic acids is 1. The summed E-state index contributed by atoms with van der Waals surface area (Å²) in [5, 5.41) is 5.43. The first-order valence-electron chi connectivity index (χ1n) is 7.19. The molecule has 1 fully saturated rings. The standard InChI is InChI=1S/C14H18N4O3S/c19-14(17-11-4-3-7-22(20,21)10-11)15-8-12-9-18-6-2-1-5-13(18)16-12/h1-2,5-6,9,11H,3-4,7-8,10H2,(H2,15,17,19). The van der Waals surface area contributed by atoms with E-state index in [9.17, 15) is 13.2 Å². The molecule has 0 aromatic carbocycles. The summed E-state index contributed by atoms with van der Waals surface area (Å²) in [6.45, 7) is 0.299. The van der Waals surface area contributed by atoms with E-state index in [4.69, 9.17) is 0 Å². The molecule has 1 atom stereocenters.